The number of halogens is 3. The lowest BCUT2D eigenvalue weighted by molar-refractivity contribution is -0.118. The van der Waals surface area contributed by atoms with Gasteiger partial charge in [-0.3, -0.25) is 10.1 Å². The Bertz CT molecular complexity index is 538. The van der Waals surface area contributed by atoms with Crippen LogP contribution in [0, 0.1) is 6.92 Å². The summed E-state index contributed by atoms with van der Waals surface area (Å²) in [5.41, 5.74) is 2.74. The Kier molecular flexibility index (Phi) is 6.28. The minimum Gasteiger partial charge on any atom is -0.325 e. The number of nitrogens with one attached hydrogen (secondary N) is 2. The monoisotopic (exact) mass is 333 g/mol. The van der Waals surface area contributed by atoms with Crippen LogP contribution in [-0.4, -0.2) is 43.4 Å². The molecule has 1 aromatic carbocycles. The summed E-state index contributed by atoms with van der Waals surface area (Å²) in [5, 5.41) is 5.28. The Labute approximate surface area is 135 Å². The smallest absolute Gasteiger partial charge is 0.262 e. The molecule has 1 unspecified atom stereocenters. The molecule has 0 spiro atoms. The summed E-state index contributed by atoms with van der Waals surface area (Å²) in [5.74, 6) is -3.21. The van der Waals surface area contributed by atoms with Gasteiger partial charge in [0.25, 0.3) is 5.92 Å². The number of hydrogen-bond donors (Lipinski definition) is 2. The lowest BCUT2D eigenvalue weighted by Gasteiger charge is -2.15. The number of rotatable bonds is 4. The largest absolute Gasteiger partial charge is 0.325 e. The van der Waals surface area contributed by atoms with Crippen LogP contribution in [0.4, 0.5) is 14.5 Å². The van der Waals surface area contributed by atoms with Gasteiger partial charge in [-0.15, -0.1) is 12.4 Å². The van der Waals surface area contributed by atoms with Crippen LogP contribution in [0.3, 0.4) is 0 Å². The molecule has 0 aromatic heterocycles. The molecular weight excluding hydrogens is 312 g/mol. The highest BCUT2D eigenvalue weighted by Crippen LogP contribution is 2.26. The Morgan fingerprint density at radius 2 is 2.09 bits per heavy atom. The third-order valence-electron chi connectivity index (χ3n) is 3.33. The molecular formula is C15H22ClF2N3O. The summed E-state index contributed by atoms with van der Waals surface area (Å²) in [7, 11) is 3.93. The van der Waals surface area contributed by atoms with E-state index in [9.17, 15) is 13.6 Å². The van der Waals surface area contributed by atoms with E-state index in [-0.39, 0.29) is 12.4 Å². The summed E-state index contributed by atoms with van der Waals surface area (Å²) in [6.45, 7) is 2.26. The molecule has 124 valence electrons. The van der Waals surface area contributed by atoms with E-state index in [0.29, 0.717) is 5.69 Å². The van der Waals surface area contributed by atoms with E-state index in [0.717, 1.165) is 17.7 Å². The fraction of sp³-hybridized carbons (Fsp3) is 0.533. The van der Waals surface area contributed by atoms with Crippen LogP contribution in [0.1, 0.15) is 17.5 Å². The second kappa shape index (κ2) is 7.35. The molecule has 1 aliphatic heterocycles. The summed E-state index contributed by atoms with van der Waals surface area (Å²) in [4.78, 5) is 14.1. The van der Waals surface area contributed by atoms with Crippen molar-refractivity contribution in [3.05, 3.63) is 29.3 Å². The number of carbonyl (C=O) groups is 1. The quantitative estimate of drug-likeness (QED) is 0.889. The first kappa shape index (κ1) is 18.8. The Hall–Kier alpha value is -1.24. The standard InChI is InChI=1S/C15H21F2N3O.ClH/c1-10-4-11(8-20(2)3)6-12(5-10)19-14(21)13-7-15(16,17)9-18-13;/h4-6,13,18H,7-9H2,1-3H3,(H,19,21);1H. The van der Waals surface area contributed by atoms with Crippen LogP contribution < -0.4 is 10.6 Å². The number of nitrogens with zero attached hydrogens (tertiary/aromatic N) is 1. The summed E-state index contributed by atoms with van der Waals surface area (Å²) in [6, 6.07) is 4.91. The van der Waals surface area contributed by atoms with Crippen LogP contribution in [0.25, 0.3) is 0 Å². The molecule has 1 aliphatic rings. The Balaban J connectivity index is 0.00000242. The molecule has 2 rings (SSSR count). The predicted molar refractivity (Wildman–Crippen MR) is 85.8 cm³/mol. The second-order valence-corrected chi connectivity index (χ2v) is 5.93. The average Bonchev–Trinajstić information content (AvgIpc) is 2.68. The molecule has 2 N–H and O–H groups in total. The molecule has 1 atom stereocenters. The van der Waals surface area contributed by atoms with E-state index < -0.39 is 30.8 Å². The highest BCUT2D eigenvalue weighted by atomic mass is 35.5. The van der Waals surface area contributed by atoms with E-state index in [1.54, 1.807) is 0 Å². The topological polar surface area (TPSA) is 44.4 Å². The molecule has 1 fully saturated rings. The zero-order valence-electron chi connectivity index (χ0n) is 13.0. The number of benzene rings is 1. The first-order chi connectivity index (χ1) is 9.75. The normalized spacial score (nSPS) is 19.8. The van der Waals surface area contributed by atoms with Crippen LogP contribution in [0.2, 0.25) is 0 Å². The van der Waals surface area contributed by atoms with Gasteiger partial charge >= 0.3 is 0 Å². The van der Waals surface area contributed by atoms with Crippen LogP contribution >= 0.6 is 12.4 Å². The molecule has 1 saturated heterocycles. The van der Waals surface area contributed by atoms with Gasteiger partial charge in [-0.25, -0.2) is 8.78 Å². The lowest BCUT2D eigenvalue weighted by Crippen LogP contribution is -2.35. The van der Waals surface area contributed by atoms with Crippen molar-refractivity contribution in [1.29, 1.82) is 0 Å². The van der Waals surface area contributed by atoms with Crippen molar-refractivity contribution in [2.45, 2.75) is 31.9 Å². The van der Waals surface area contributed by atoms with Gasteiger partial charge < -0.3 is 10.2 Å². The van der Waals surface area contributed by atoms with Crippen LogP contribution in [0.5, 0.6) is 0 Å². The van der Waals surface area contributed by atoms with Crippen molar-refractivity contribution >= 4 is 24.0 Å². The van der Waals surface area contributed by atoms with Gasteiger partial charge in [-0.05, 0) is 44.3 Å². The van der Waals surface area contributed by atoms with Crippen molar-refractivity contribution in [3.63, 3.8) is 0 Å². The van der Waals surface area contributed by atoms with Gasteiger partial charge in [0.1, 0.15) is 0 Å². The number of aryl methyl sites for hydroxylation is 1. The molecule has 1 amide bonds. The van der Waals surface area contributed by atoms with E-state index in [1.165, 1.54) is 0 Å². The van der Waals surface area contributed by atoms with Gasteiger partial charge in [0.2, 0.25) is 5.91 Å². The van der Waals surface area contributed by atoms with Gasteiger partial charge in [0.05, 0.1) is 12.6 Å². The number of anilines is 1. The minimum atomic E-state index is -2.80. The van der Waals surface area contributed by atoms with E-state index in [4.69, 9.17) is 0 Å². The molecule has 1 heterocycles. The maximum Gasteiger partial charge on any atom is 0.262 e. The maximum absolute atomic E-state index is 13.1. The number of carbonyl (C=O) groups excluding carboxylic acids is 1. The Morgan fingerprint density at radius 3 is 2.64 bits per heavy atom. The molecule has 0 bridgehead atoms. The highest BCUT2D eigenvalue weighted by Gasteiger charge is 2.42. The average molecular weight is 334 g/mol. The van der Waals surface area contributed by atoms with Crippen molar-refractivity contribution in [1.82, 2.24) is 10.2 Å². The maximum atomic E-state index is 13.1. The van der Waals surface area contributed by atoms with Crippen molar-refractivity contribution in [2.75, 3.05) is 26.0 Å². The summed E-state index contributed by atoms with van der Waals surface area (Å²) < 4.78 is 26.2. The van der Waals surface area contributed by atoms with Gasteiger partial charge in [0.15, 0.2) is 0 Å². The zero-order valence-corrected chi connectivity index (χ0v) is 13.8. The van der Waals surface area contributed by atoms with E-state index >= 15 is 0 Å². The van der Waals surface area contributed by atoms with E-state index in [1.807, 2.05) is 44.1 Å². The van der Waals surface area contributed by atoms with Crippen molar-refractivity contribution in [3.8, 4) is 0 Å². The Morgan fingerprint density at radius 1 is 1.41 bits per heavy atom. The third kappa shape index (κ3) is 5.19. The van der Waals surface area contributed by atoms with Crippen LogP contribution in [0.15, 0.2) is 18.2 Å². The van der Waals surface area contributed by atoms with Crippen molar-refractivity contribution < 1.29 is 13.6 Å². The number of amides is 1. The lowest BCUT2D eigenvalue weighted by atomic mass is 10.1. The molecule has 0 radical (unpaired) electrons. The molecule has 7 heteroatoms. The fourth-order valence-electron chi connectivity index (χ4n) is 2.52. The SMILES string of the molecule is Cc1cc(CN(C)C)cc(NC(=O)C2CC(F)(F)CN2)c1.Cl. The van der Waals surface area contributed by atoms with Gasteiger partial charge in [0, 0.05) is 18.7 Å². The van der Waals surface area contributed by atoms with Crippen molar-refractivity contribution in [2.24, 2.45) is 0 Å². The minimum absolute atomic E-state index is 0. The third-order valence-corrected chi connectivity index (χ3v) is 3.33. The first-order valence-electron chi connectivity index (χ1n) is 6.92. The first-order valence-corrected chi connectivity index (χ1v) is 6.92. The zero-order chi connectivity index (χ0) is 15.6. The second-order valence-electron chi connectivity index (χ2n) is 5.93. The predicted octanol–water partition coefficient (Wildman–Crippen LogP) is 2.41. The molecule has 0 aliphatic carbocycles. The molecule has 22 heavy (non-hydrogen) atoms. The number of hydrogen-bond acceptors (Lipinski definition) is 3. The fourth-order valence-corrected chi connectivity index (χ4v) is 2.52. The van der Waals surface area contributed by atoms with Crippen LogP contribution in [-0.2, 0) is 11.3 Å². The molecule has 0 saturated carbocycles. The molecule has 1 aromatic rings. The van der Waals surface area contributed by atoms with E-state index in [2.05, 4.69) is 10.6 Å². The van der Waals surface area contributed by atoms with Gasteiger partial charge in [-0.1, -0.05) is 6.07 Å². The summed E-state index contributed by atoms with van der Waals surface area (Å²) in [6.07, 6.45) is -0.449. The molecule has 4 nitrogen and oxygen atoms in total. The highest BCUT2D eigenvalue weighted by molar-refractivity contribution is 5.95. The summed E-state index contributed by atoms with van der Waals surface area (Å²) >= 11 is 0. The van der Waals surface area contributed by atoms with Gasteiger partial charge in [-0.2, -0.15) is 0 Å². The number of alkyl halides is 2.